The van der Waals surface area contributed by atoms with E-state index in [0.717, 1.165) is 22.2 Å². The zero-order chi connectivity index (χ0) is 10.8. The summed E-state index contributed by atoms with van der Waals surface area (Å²) in [6.45, 7) is 4.53. The molecule has 1 aromatic heterocycles. The quantitative estimate of drug-likeness (QED) is 0.723. The Morgan fingerprint density at radius 1 is 1.40 bits per heavy atom. The molecule has 0 aliphatic carbocycles. The van der Waals surface area contributed by atoms with Crippen molar-refractivity contribution in [3.8, 4) is 5.75 Å². The zero-order valence-electron chi connectivity index (χ0n) is 8.75. The van der Waals surface area contributed by atoms with E-state index in [4.69, 9.17) is 16.3 Å². The Hall–Kier alpha value is -1.28. The summed E-state index contributed by atoms with van der Waals surface area (Å²) >= 11 is 5.99. The van der Waals surface area contributed by atoms with Crippen LogP contribution in [0.4, 0.5) is 0 Å². The average Bonchev–Trinajstić information content (AvgIpc) is 2.21. The molecule has 0 aliphatic rings. The highest BCUT2D eigenvalue weighted by Gasteiger charge is 2.05. The van der Waals surface area contributed by atoms with E-state index in [1.807, 2.05) is 38.1 Å². The molecule has 2 nitrogen and oxygen atoms in total. The number of nitrogens with zero attached hydrogens (tertiary/aromatic N) is 1. The fraction of sp³-hybridized carbons (Fsp3) is 0.250. The zero-order valence-corrected chi connectivity index (χ0v) is 9.51. The van der Waals surface area contributed by atoms with Gasteiger partial charge in [-0.2, -0.15) is 0 Å². The summed E-state index contributed by atoms with van der Waals surface area (Å²) in [7, 11) is 0. The molecule has 2 rings (SSSR count). The second-order valence-electron chi connectivity index (χ2n) is 3.36. The van der Waals surface area contributed by atoms with Crippen LogP contribution in [0.1, 0.15) is 12.5 Å². The van der Waals surface area contributed by atoms with Crippen molar-refractivity contribution in [2.75, 3.05) is 6.61 Å². The van der Waals surface area contributed by atoms with Crippen LogP contribution in [0.3, 0.4) is 0 Å². The first-order chi connectivity index (χ1) is 7.22. The second kappa shape index (κ2) is 4.07. The lowest BCUT2D eigenvalue weighted by molar-refractivity contribution is 0.343. The van der Waals surface area contributed by atoms with E-state index in [1.165, 1.54) is 0 Å². The number of ether oxygens (including phenoxy) is 1. The Morgan fingerprint density at radius 2 is 2.20 bits per heavy atom. The number of para-hydroxylation sites is 1. The van der Waals surface area contributed by atoms with Crippen molar-refractivity contribution in [1.82, 2.24) is 4.98 Å². The predicted octanol–water partition coefficient (Wildman–Crippen LogP) is 3.60. The molecule has 3 heteroatoms. The second-order valence-corrected chi connectivity index (χ2v) is 3.71. The molecule has 0 saturated heterocycles. The number of aryl methyl sites for hydroxylation is 1. The Morgan fingerprint density at radius 3 is 2.93 bits per heavy atom. The van der Waals surface area contributed by atoms with E-state index in [1.54, 1.807) is 0 Å². The monoisotopic (exact) mass is 221 g/mol. The van der Waals surface area contributed by atoms with E-state index >= 15 is 0 Å². The molecule has 78 valence electrons. The van der Waals surface area contributed by atoms with Crippen molar-refractivity contribution >= 4 is 22.5 Å². The van der Waals surface area contributed by atoms with Gasteiger partial charge in [0.25, 0.3) is 0 Å². The molecule has 1 heterocycles. The van der Waals surface area contributed by atoms with Gasteiger partial charge in [0, 0.05) is 5.39 Å². The first-order valence-electron chi connectivity index (χ1n) is 4.91. The van der Waals surface area contributed by atoms with Crippen molar-refractivity contribution < 1.29 is 4.74 Å². The van der Waals surface area contributed by atoms with Crippen LogP contribution < -0.4 is 4.74 Å². The van der Waals surface area contributed by atoms with Crippen LogP contribution in [0.15, 0.2) is 24.3 Å². The Balaban J connectivity index is 2.68. The standard InChI is InChI=1S/C12H12ClNO/c1-3-15-10-6-4-5-9-7-8(2)12(13)14-11(9)10/h4-7H,3H2,1-2H3. The molecule has 0 N–H and O–H groups in total. The lowest BCUT2D eigenvalue weighted by Gasteiger charge is -2.07. The van der Waals surface area contributed by atoms with Crippen molar-refractivity contribution in [3.05, 3.63) is 35.0 Å². The maximum absolute atomic E-state index is 5.99. The van der Waals surface area contributed by atoms with Crippen LogP contribution >= 0.6 is 11.6 Å². The van der Waals surface area contributed by atoms with Gasteiger partial charge >= 0.3 is 0 Å². The van der Waals surface area contributed by atoms with Gasteiger partial charge in [-0.15, -0.1) is 0 Å². The smallest absolute Gasteiger partial charge is 0.145 e. The summed E-state index contributed by atoms with van der Waals surface area (Å²) in [5.74, 6) is 0.789. The van der Waals surface area contributed by atoms with Crippen LogP contribution in [-0.4, -0.2) is 11.6 Å². The van der Waals surface area contributed by atoms with Crippen LogP contribution in [0.25, 0.3) is 10.9 Å². The summed E-state index contributed by atoms with van der Waals surface area (Å²) in [6, 6.07) is 7.90. The highest BCUT2D eigenvalue weighted by Crippen LogP contribution is 2.27. The van der Waals surface area contributed by atoms with E-state index in [9.17, 15) is 0 Å². The normalized spacial score (nSPS) is 10.6. The fourth-order valence-electron chi connectivity index (χ4n) is 1.53. The lowest BCUT2D eigenvalue weighted by atomic mass is 10.1. The summed E-state index contributed by atoms with van der Waals surface area (Å²) in [5.41, 5.74) is 1.81. The third kappa shape index (κ3) is 1.90. The molecular weight excluding hydrogens is 210 g/mol. The van der Waals surface area contributed by atoms with E-state index < -0.39 is 0 Å². The van der Waals surface area contributed by atoms with Crippen LogP contribution in [0, 0.1) is 6.92 Å². The minimum atomic E-state index is 0.537. The molecule has 0 unspecified atom stereocenters. The predicted molar refractivity (Wildman–Crippen MR) is 62.7 cm³/mol. The Bertz CT molecular complexity index is 496. The molecule has 0 aliphatic heterocycles. The first-order valence-corrected chi connectivity index (χ1v) is 5.29. The third-order valence-corrected chi connectivity index (χ3v) is 2.62. The number of aromatic nitrogens is 1. The van der Waals surface area contributed by atoms with Gasteiger partial charge in [0.05, 0.1) is 6.61 Å². The number of fused-ring (bicyclic) bond motifs is 1. The first kappa shape index (κ1) is 10.2. The van der Waals surface area contributed by atoms with E-state index in [-0.39, 0.29) is 0 Å². The van der Waals surface area contributed by atoms with Gasteiger partial charge in [0.15, 0.2) is 0 Å². The van der Waals surface area contributed by atoms with Crippen molar-refractivity contribution in [2.24, 2.45) is 0 Å². The summed E-state index contributed by atoms with van der Waals surface area (Å²) in [6.07, 6.45) is 0. The van der Waals surface area contributed by atoms with Crippen LogP contribution in [0.2, 0.25) is 5.15 Å². The molecule has 1 aromatic carbocycles. The van der Waals surface area contributed by atoms with Gasteiger partial charge in [-0.1, -0.05) is 23.7 Å². The topological polar surface area (TPSA) is 22.1 Å². The summed E-state index contributed by atoms with van der Waals surface area (Å²) in [5, 5.41) is 1.59. The van der Waals surface area contributed by atoms with Crippen LogP contribution in [0.5, 0.6) is 5.75 Å². The van der Waals surface area contributed by atoms with E-state index in [0.29, 0.717) is 11.8 Å². The maximum Gasteiger partial charge on any atom is 0.145 e. The highest BCUT2D eigenvalue weighted by atomic mass is 35.5. The molecule has 0 radical (unpaired) electrons. The Labute approximate surface area is 93.8 Å². The SMILES string of the molecule is CCOc1cccc2cc(C)c(Cl)nc12. The molecule has 0 saturated carbocycles. The molecule has 0 atom stereocenters. The molecule has 0 amide bonds. The number of hydrogen-bond acceptors (Lipinski definition) is 2. The average molecular weight is 222 g/mol. The largest absolute Gasteiger partial charge is 0.492 e. The lowest BCUT2D eigenvalue weighted by Crippen LogP contribution is -1.94. The van der Waals surface area contributed by atoms with E-state index in [2.05, 4.69) is 4.98 Å². The molecular formula is C12H12ClNO. The third-order valence-electron chi connectivity index (χ3n) is 2.24. The molecule has 0 bridgehead atoms. The van der Waals surface area contributed by atoms with Gasteiger partial charge in [-0.25, -0.2) is 4.98 Å². The fourth-order valence-corrected chi connectivity index (χ4v) is 1.67. The molecule has 0 fully saturated rings. The Kier molecular flexibility index (Phi) is 2.78. The van der Waals surface area contributed by atoms with Gasteiger partial charge in [0.2, 0.25) is 0 Å². The highest BCUT2D eigenvalue weighted by molar-refractivity contribution is 6.30. The van der Waals surface area contributed by atoms with Crippen molar-refractivity contribution in [1.29, 1.82) is 0 Å². The number of rotatable bonds is 2. The van der Waals surface area contributed by atoms with Gasteiger partial charge < -0.3 is 4.74 Å². The molecule has 0 spiro atoms. The summed E-state index contributed by atoms with van der Waals surface area (Å²) < 4.78 is 5.49. The van der Waals surface area contributed by atoms with Gasteiger partial charge in [-0.3, -0.25) is 0 Å². The number of halogens is 1. The van der Waals surface area contributed by atoms with Gasteiger partial charge in [-0.05, 0) is 31.5 Å². The van der Waals surface area contributed by atoms with Crippen LogP contribution in [-0.2, 0) is 0 Å². The number of benzene rings is 1. The van der Waals surface area contributed by atoms with Crippen molar-refractivity contribution in [2.45, 2.75) is 13.8 Å². The maximum atomic E-state index is 5.99. The number of hydrogen-bond donors (Lipinski definition) is 0. The molecule has 2 aromatic rings. The number of pyridine rings is 1. The minimum absolute atomic E-state index is 0.537. The van der Waals surface area contributed by atoms with Gasteiger partial charge in [0.1, 0.15) is 16.4 Å². The van der Waals surface area contributed by atoms with Crippen molar-refractivity contribution in [3.63, 3.8) is 0 Å². The molecule has 15 heavy (non-hydrogen) atoms. The minimum Gasteiger partial charge on any atom is -0.492 e. The summed E-state index contributed by atoms with van der Waals surface area (Å²) in [4.78, 5) is 4.33.